The number of ether oxygens (including phenoxy) is 1. The minimum Gasteiger partial charge on any atom is -0.397 e. The lowest BCUT2D eigenvalue weighted by atomic mass is 9.82. The molecule has 100 valence electrons. The zero-order chi connectivity index (χ0) is 13.2. The Balaban J connectivity index is 2.03. The van der Waals surface area contributed by atoms with Crippen molar-refractivity contribution in [3.8, 4) is 0 Å². The molecule has 0 atom stereocenters. The summed E-state index contributed by atoms with van der Waals surface area (Å²) >= 11 is 11.9. The largest absolute Gasteiger partial charge is 0.397 e. The Bertz CT molecular complexity index is 431. The van der Waals surface area contributed by atoms with Gasteiger partial charge in [0.1, 0.15) is 0 Å². The topological polar surface area (TPSA) is 47.3 Å². The van der Waals surface area contributed by atoms with Crippen molar-refractivity contribution in [3.63, 3.8) is 0 Å². The first-order valence-corrected chi connectivity index (χ1v) is 6.82. The van der Waals surface area contributed by atoms with Crippen LogP contribution in [0.1, 0.15) is 19.8 Å². The van der Waals surface area contributed by atoms with Gasteiger partial charge in [-0.05, 0) is 30.4 Å². The molecule has 1 aromatic carbocycles. The minimum atomic E-state index is 0.247. The molecule has 1 fully saturated rings. The molecule has 0 unspecified atom stereocenters. The maximum Gasteiger partial charge on any atom is 0.0614 e. The fourth-order valence-electron chi connectivity index (χ4n) is 2.06. The van der Waals surface area contributed by atoms with Crippen LogP contribution in [-0.2, 0) is 4.74 Å². The lowest BCUT2D eigenvalue weighted by Gasteiger charge is -2.34. The average molecular weight is 289 g/mol. The van der Waals surface area contributed by atoms with Gasteiger partial charge in [-0.15, -0.1) is 0 Å². The maximum atomic E-state index is 5.99. The fraction of sp³-hybridized carbons (Fsp3) is 0.538. The first-order chi connectivity index (χ1) is 8.50. The SMILES string of the molecule is CC1(CNc2cc(Cl)c(Cl)cc2N)CCOCC1. The molecule has 18 heavy (non-hydrogen) atoms. The number of rotatable bonds is 3. The Morgan fingerprint density at radius 1 is 1.28 bits per heavy atom. The predicted octanol–water partition coefficient (Wildman–Crippen LogP) is 3.80. The van der Waals surface area contributed by atoms with Crippen molar-refractivity contribution in [2.24, 2.45) is 5.41 Å². The average Bonchev–Trinajstić information content (AvgIpc) is 2.33. The van der Waals surface area contributed by atoms with Crippen molar-refractivity contribution in [1.29, 1.82) is 0 Å². The smallest absolute Gasteiger partial charge is 0.0614 e. The van der Waals surface area contributed by atoms with Gasteiger partial charge in [-0.1, -0.05) is 30.1 Å². The van der Waals surface area contributed by atoms with Crippen molar-refractivity contribution < 1.29 is 4.74 Å². The van der Waals surface area contributed by atoms with Crippen LogP contribution in [0.25, 0.3) is 0 Å². The summed E-state index contributed by atoms with van der Waals surface area (Å²) in [5.41, 5.74) is 7.64. The van der Waals surface area contributed by atoms with Gasteiger partial charge >= 0.3 is 0 Å². The van der Waals surface area contributed by atoms with Crippen LogP contribution in [0, 0.1) is 5.41 Å². The highest BCUT2D eigenvalue weighted by Crippen LogP contribution is 2.34. The molecule has 3 nitrogen and oxygen atoms in total. The summed E-state index contributed by atoms with van der Waals surface area (Å²) in [6.45, 7) is 4.78. The Morgan fingerprint density at radius 3 is 2.56 bits per heavy atom. The van der Waals surface area contributed by atoms with Crippen LogP contribution in [0.3, 0.4) is 0 Å². The zero-order valence-corrected chi connectivity index (χ0v) is 11.9. The molecule has 0 aromatic heterocycles. The van der Waals surface area contributed by atoms with E-state index >= 15 is 0 Å². The summed E-state index contributed by atoms with van der Waals surface area (Å²) in [5.74, 6) is 0. The molecule has 1 heterocycles. The molecule has 1 aromatic rings. The normalized spacial score (nSPS) is 18.6. The molecular weight excluding hydrogens is 271 g/mol. The second-order valence-electron chi connectivity index (χ2n) is 5.13. The minimum absolute atomic E-state index is 0.247. The van der Waals surface area contributed by atoms with E-state index in [1.54, 1.807) is 12.1 Å². The lowest BCUT2D eigenvalue weighted by molar-refractivity contribution is 0.0300. The van der Waals surface area contributed by atoms with E-state index < -0.39 is 0 Å². The van der Waals surface area contributed by atoms with Gasteiger partial charge in [-0.2, -0.15) is 0 Å². The van der Waals surface area contributed by atoms with Gasteiger partial charge < -0.3 is 15.8 Å². The number of nitrogens with one attached hydrogen (secondary N) is 1. The third-order valence-corrected chi connectivity index (χ3v) is 4.22. The third-order valence-electron chi connectivity index (χ3n) is 3.50. The van der Waals surface area contributed by atoms with E-state index in [0.29, 0.717) is 15.7 Å². The van der Waals surface area contributed by atoms with Crippen molar-refractivity contribution in [3.05, 3.63) is 22.2 Å². The van der Waals surface area contributed by atoms with E-state index in [-0.39, 0.29) is 5.41 Å². The Morgan fingerprint density at radius 2 is 1.89 bits per heavy atom. The summed E-state index contributed by atoms with van der Waals surface area (Å²) in [7, 11) is 0. The monoisotopic (exact) mass is 288 g/mol. The standard InChI is InChI=1S/C13H18Cl2N2O/c1-13(2-4-18-5-3-13)8-17-12-7-10(15)9(14)6-11(12)16/h6-7,17H,2-5,8,16H2,1H3. The van der Waals surface area contributed by atoms with E-state index in [0.717, 1.165) is 38.3 Å². The second-order valence-corrected chi connectivity index (χ2v) is 5.94. The number of anilines is 2. The number of benzene rings is 1. The van der Waals surface area contributed by atoms with E-state index in [1.165, 1.54) is 0 Å². The first-order valence-electron chi connectivity index (χ1n) is 6.06. The van der Waals surface area contributed by atoms with Gasteiger partial charge in [0.15, 0.2) is 0 Å². The summed E-state index contributed by atoms with van der Waals surface area (Å²) in [6.07, 6.45) is 2.11. The molecule has 0 aliphatic carbocycles. The predicted molar refractivity (Wildman–Crippen MR) is 77.5 cm³/mol. The van der Waals surface area contributed by atoms with Crippen LogP contribution < -0.4 is 11.1 Å². The molecule has 0 amide bonds. The van der Waals surface area contributed by atoms with E-state index in [9.17, 15) is 0 Å². The summed E-state index contributed by atoms with van der Waals surface area (Å²) in [4.78, 5) is 0. The molecule has 1 aliphatic rings. The second kappa shape index (κ2) is 5.55. The van der Waals surface area contributed by atoms with E-state index in [1.807, 2.05) is 0 Å². The van der Waals surface area contributed by atoms with E-state index in [2.05, 4.69) is 12.2 Å². The van der Waals surface area contributed by atoms with Gasteiger partial charge in [-0.3, -0.25) is 0 Å². The highest BCUT2D eigenvalue weighted by molar-refractivity contribution is 6.42. The molecule has 3 N–H and O–H groups in total. The first kappa shape index (κ1) is 13.8. The van der Waals surface area contributed by atoms with Gasteiger partial charge in [0.05, 0.1) is 21.4 Å². The molecule has 0 saturated carbocycles. The number of hydrogen-bond acceptors (Lipinski definition) is 3. The highest BCUT2D eigenvalue weighted by Gasteiger charge is 2.27. The Labute approximate surface area is 118 Å². The van der Waals surface area contributed by atoms with Crippen molar-refractivity contribution in [2.75, 3.05) is 30.8 Å². The van der Waals surface area contributed by atoms with Crippen LogP contribution in [0.15, 0.2) is 12.1 Å². The number of nitrogen functional groups attached to an aromatic ring is 1. The van der Waals surface area contributed by atoms with Gasteiger partial charge in [0.25, 0.3) is 0 Å². The van der Waals surface area contributed by atoms with Crippen LogP contribution in [0.2, 0.25) is 10.0 Å². The Hall–Kier alpha value is -0.640. The Kier molecular flexibility index (Phi) is 4.25. The number of hydrogen-bond donors (Lipinski definition) is 2. The quantitative estimate of drug-likeness (QED) is 0.832. The molecule has 5 heteroatoms. The highest BCUT2D eigenvalue weighted by atomic mass is 35.5. The maximum absolute atomic E-state index is 5.99. The molecule has 0 radical (unpaired) electrons. The summed E-state index contributed by atoms with van der Waals surface area (Å²) in [6, 6.07) is 3.46. The van der Waals surface area contributed by atoms with Crippen molar-refractivity contribution >= 4 is 34.6 Å². The molecule has 1 aliphatic heterocycles. The molecule has 0 bridgehead atoms. The summed E-state index contributed by atoms with van der Waals surface area (Å²) < 4.78 is 5.38. The number of halogens is 2. The van der Waals surface area contributed by atoms with Crippen LogP contribution in [-0.4, -0.2) is 19.8 Å². The molecule has 1 saturated heterocycles. The van der Waals surface area contributed by atoms with Crippen molar-refractivity contribution in [1.82, 2.24) is 0 Å². The van der Waals surface area contributed by atoms with Gasteiger partial charge in [0.2, 0.25) is 0 Å². The molecular formula is C13H18Cl2N2O. The van der Waals surface area contributed by atoms with Crippen molar-refractivity contribution in [2.45, 2.75) is 19.8 Å². The van der Waals surface area contributed by atoms with Crippen LogP contribution in [0.4, 0.5) is 11.4 Å². The van der Waals surface area contributed by atoms with Crippen LogP contribution >= 0.6 is 23.2 Å². The molecule has 0 spiro atoms. The fourth-order valence-corrected chi connectivity index (χ4v) is 2.40. The zero-order valence-electron chi connectivity index (χ0n) is 10.4. The van der Waals surface area contributed by atoms with Crippen LogP contribution in [0.5, 0.6) is 0 Å². The third kappa shape index (κ3) is 3.22. The van der Waals surface area contributed by atoms with Gasteiger partial charge in [-0.25, -0.2) is 0 Å². The number of nitrogens with two attached hydrogens (primary N) is 1. The van der Waals surface area contributed by atoms with Gasteiger partial charge in [0, 0.05) is 19.8 Å². The molecule has 2 rings (SSSR count). The summed E-state index contributed by atoms with van der Waals surface area (Å²) in [5, 5.41) is 4.37. The lowest BCUT2D eigenvalue weighted by Crippen LogP contribution is -2.33. The van der Waals surface area contributed by atoms with E-state index in [4.69, 9.17) is 33.7 Å².